The minimum atomic E-state index is -0.907. The van der Waals surface area contributed by atoms with Gasteiger partial charge in [-0.2, -0.15) is 0 Å². The van der Waals surface area contributed by atoms with Gasteiger partial charge >= 0.3 is 0 Å². The lowest BCUT2D eigenvalue weighted by atomic mass is 10.1. The minimum Gasteiger partial charge on any atom is -0.312 e. The highest BCUT2D eigenvalue weighted by Crippen LogP contribution is 2.63. The van der Waals surface area contributed by atoms with E-state index in [4.69, 9.17) is 0 Å². The van der Waals surface area contributed by atoms with Crippen LogP contribution in [0.1, 0.15) is 13.8 Å². The van der Waals surface area contributed by atoms with Gasteiger partial charge in [0.25, 0.3) is 0 Å². The van der Waals surface area contributed by atoms with Gasteiger partial charge in [-0.25, -0.2) is 8.78 Å². The molecule has 1 amide bonds. The summed E-state index contributed by atoms with van der Waals surface area (Å²) >= 11 is 0. The molecule has 1 saturated heterocycles. The number of carbonyl (C=O) groups is 1. The Labute approximate surface area is 98.2 Å². The van der Waals surface area contributed by atoms with E-state index in [0.717, 1.165) is 12.1 Å². The lowest BCUT2D eigenvalue weighted by Gasteiger charge is -2.22. The van der Waals surface area contributed by atoms with Crippen LogP contribution >= 0.6 is 0 Å². The number of anilines is 1. The first-order chi connectivity index (χ1) is 7.93. The van der Waals surface area contributed by atoms with E-state index < -0.39 is 11.6 Å². The van der Waals surface area contributed by atoms with Crippen LogP contribution in [0.4, 0.5) is 14.5 Å². The van der Waals surface area contributed by atoms with Crippen molar-refractivity contribution in [3.63, 3.8) is 0 Å². The molecule has 2 atom stereocenters. The molecule has 4 heteroatoms. The van der Waals surface area contributed by atoms with E-state index in [1.54, 1.807) is 4.90 Å². The van der Waals surface area contributed by atoms with Crippen molar-refractivity contribution in [2.75, 3.05) is 11.4 Å². The van der Waals surface area contributed by atoms with Gasteiger partial charge < -0.3 is 4.90 Å². The fraction of sp³-hybridized carbons (Fsp3) is 0.462. The van der Waals surface area contributed by atoms with Crippen molar-refractivity contribution in [2.24, 2.45) is 17.3 Å². The molecule has 2 nitrogen and oxygen atoms in total. The summed E-state index contributed by atoms with van der Waals surface area (Å²) in [4.78, 5) is 13.6. The van der Waals surface area contributed by atoms with E-state index in [9.17, 15) is 13.6 Å². The van der Waals surface area contributed by atoms with Gasteiger partial charge in [0, 0.05) is 24.2 Å². The summed E-state index contributed by atoms with van der Waals surface area (Å²) in [6.07, 6.45) is 0. The molecular weight excluding hydrogens is 224 g/mol. The third-order valence-corrected chi connectivity index (χ3v) is 4.18. The fourth-order valence-electron chi connectivity index (χ4n) is 2.92. The van der Waals surface area contributed by atoms with E-state index in [0.29, 0.717) is 18.2 Å². The second kappa shape index (κ2) is 3.06. The molecule has 1 aliphatic carbocycles. The number of hydrogen-bond donors (Lipinski definition) is 0. The maximum absolute atomic E-state index is 13.1. The zero-order chi connectivity index (χ0) is 12.4. The first kappa shape index (κ1) is 10.7. The average molecular weight is 237 g/mol. The quantitative estimate of drug-likeness (QED) is 0.735. The minimum absolute atomic E-state index is 0.0333. The Balaban J connectivity index is 1.88. The molecule has 0 N–H and O–H groups in total. The summed E-state index contributed by atoms with van der Waals surface area (Å²) in [5, 5.41) is 0. The Morgan fingerprint density at radius 3 is 2.53 bits per heavy atom. The monoisotopic (exact) mass is 237 g/mol. The van der Waals surface area contributed by atoms with Gasteiger partial charge in [-0.3, -0.25) is 4.79 Å². The van der Waals surface area contributed by atoms with Crippen LogP contribution in [0.15, 0.2) is 18.2 Å². The molecule has 0 spiro atoms. The molecule has 90 valence electrons. The van der Waals surface area contributed by atoms with Crippen LogP contribution in [0.3, 0.4) is 0 Å². The van der Waals surface area contributed by atoms with Crippen LogP contribution in [0.2, 0.25) is 0 Å². The van der Waals surface area contributed by atoms with Crippen molar-refractivity contribution >= 4 is 11.6 Å². The summed E-state index contributed by atoms with van der Waals surface area (Å²) in [6, 6.07) is 3.60. The maximum Gasteiger partial charge on any atom is 0.231 e. The van der Waals surface area contributed by atoms with Crippen LogP contribution < -0.4 is 4.90 Å². The third-order valence-electron chi connectivity index (χ3n) is 4.18. The van der Waals surface area contributed by atoms with Gasteiger partial charge in [0.05, 0.1) is 0 Å². The molecule has 1 saturated carbocycles. The first-order valence-electron chi connectivity index (χ1n) is 5.69. The molecule has 1 aliphatic heterocycles. The number of carbonyl (C=O) groups excluding carboxylic acids is 1. The number of halogens is 2. The summed E-state index contributed by atoms with van der Waals surface area (Å²) in [5.74, 6) is -1.36. The number of hydrogen-bond acceptors (Lipinski definition) is 1. The average Bonchev–Trinajstić information content (AvgIpc) is 2.63. The third kappa shape index (κ3) is 1.33. The molecule has 3 rings (SSSR count). The Morgan fingerprint density at radius 1 is 1.29 bits per heavy atom. The molecule has 1 heterocycles. The summed E-state index contributed by atoms with van der Waals surface area (Å²) in [6.45, 7) is 4.76. The molecule has 1 aromatic carbocycles. The van der Waals surface area contributed by atoms with Crippen molar-refractivity contribution in [3.05, 3.63) is 29.8 Å². The highest BCUT2D eigenvalue weighted by molar-refractivity contribution is 6.00. The zero-order valence-corrected chi connectivity index (χ0v) is 9.71. The summed E-state index contributed by atoms with van der Waals surface area (Å²) in [7, 11) is 0. The van der Waals surface area contributed by atoms with Crippen molar-refractivity contribution in [3.8, 4) is 0 Å². The topological polar surface area (TPSA) is 20.3 Å². The molecule has 2 unspecified atom stereocenters. The highest BCUT2D eigenvalue weighted by atomic mass is 19.2. The van der Waals surface area contributed by atoms with Crippen LogP contribution in [0, 0.1) is 28.9 Å². The molecule has 0 radical (unpaired) electrons. The summed E-state index contributed by atoms with van der Waals surface area (Å²) < 4.78 is 25.9. The maximum atomic E-state index is 13.1. The van der Waals surface area contributed by atoms with Gasteiger partial charge in [-0.15, -0.1) is 0 Å². The molecular formula is C13H13F2NO. The predicted octanol–water partition coefficient (Wildman–Crippen LogP) is 2.58. The van der Waals surface area contributed by atoms with Gasteiger partial charge in [0.2, 0.25) is 5.91 Å². The SMILES string of the molecule is CC1(C)C2CN(c3ccc(F)c(F)c3)C(=O)C21. The lowest BCUT2D eigenvalue weighted by molar-refractivity contribution is -0.119. The van der Waals surface area contributed by atoms with E-state index in [2.05, 4.69) is 13.8 Å². The van der Waals surface area contributed by atoms with Crippen LogP contribution in [0.25, 0.3) is 0 Å². The molecule has 2 fully saturated rings. The molecule has 0 aromatic heterocycles. The molecule has 17 heavy (non-hydrogen) atoms. The molecule has 0 bridgehead atoms. The standard InChI is InChI=1S/C13H13F2NO/c1-13(2)8-6-16(12(17)11(8)13)7-3-4-9(14)10(15)5-7/h3-5,8,11H,6H2,1-2H3. The van der Waals surface area contributed by atoms with Gasteiger partial charge in [0.15, 0.2) is 11.6 Å². The van der Waals surface area contributed by atoms with Crippen molar-refractivity contribution < 1.29 is 13.6 Å². The first-order valence-corrected chi connectivity index (χ1v) is 5.69. The van der Waals surface area contributed by atoms with E-state index in [-0.39, 0.29) is 17.2 Å². The molecule has 2 aliphatic rings. The Morgan fingerprint density at radius 2 is 2.00 bits per heavy atom. The lowest BCUT2D eigenvalue weighted by Crippen LogP contribution is -2.31. The smallest absolute Gasteiger partial charge is 0.231 e. The van der Waals surface area contributed by atoms with Gasteiger partial charge in [0.1, 0.15) is 0 Å². The zero-order valence-electron chi connectivity index (χ0n) is 9.71. The normalized spacial score (nSPS) is 29.4. The van der Waals surface area contributed by atoms with E-state index >= 15 is 0 Å². The summed E-state index contributed by atoms with van der Waals surface area (Å²) in [5.41, 5.74) is 0.531. The largest absolute Gasteiger partial charge is 0.312 e. The van der Waals surface area contributed by atoms with Crippen LogP contribution in [-0.4, -0.2) is 12.5 Å². The second-order valence-corrected chi connectivity index (χ2v) is 5.45. The Hall–Kier alpha value is -1.45. The van der Waals surface area contributed by atoms with Crippen molar-refractivity contribution in [1.82, 2.24) is 0 Å². The second-order valence-electron chi connectivity index (χ2n) is 5.45. The number of rotatable bonds is 1. The molecule has 1 aromatic rings. The van der Waals surface area contributed by atoms with E-state index in [1.165, 1.54) is 6.07 Å². The predicted molar refractivity (Wildman–Crippen MR) is 59.5 cm³/mol. The number of benzene rings is 1. The van der Waals surface area contributed by atoms with Gasteiger partial charge in [-0.1, -0.05) is 13.8 Å². The van der Waals surface area contributed by atoms with Crippen molar-refractivity contribution in [1.29, 1.82) is 0 Å². The van der Waals surface area contributed by atoms with Crippen molar-refractivity contribution in [2.45, 2.75) is 13.8 Å². The van der Waals surface area contributed by atoms with E-state index in [1.807, 2.05) is 0 Å². The fourth-order valence-corrected chi connectivity index (χ4v) is 2.92. The Bertz CT molecular complexity index is 512. The van der Waals surface area contributed by atoms with Crippen LogP contribution in [-0.2, 0) is 4.79 Å². The van der Waals surface area contributed by atoms with Gasteiger partial charge in [-0.05, 0) is 23.5 Å². The number of amides is 1. The number of fused-ring (bicyclic) bond motifs is 1. The van der Waals surface area contributed by atoms with Crippen LogP contribution in [0.5, 0.6) is 0 Å². The highest BCUT2D eigenvalue weighted by Gasteiger charge is 2.67. The number of nitrogens with zero attached hydrogens (tertiary/aromatic N) is 1. The number of piperidine rings is 1. The Kier molecular flexibility index (Phi) is 1.92.